The lowest BCUT2D eigenvalue weighted by Crippen LogP contribution is -2.47. The zero-order valence-corrected chi connectivity index (χ0v) is 22.9. The number of ether oxygens (including phenoxy) is 1. The fourth-order valence-corrected chi connectivity index (χ4v) is 5.65. The fraction of sp³-hybridized carbons (Fsp3) is 0.548. The summed E-state index contributed by atoms with van der Waals surface area (Å²) in [6.45, 7) is 8.71. The monoisotopic (exact) mass is 518 g/mol. The van der Waals surface area contributed by atoms with Crippen molar-refractivity contribution in [3.8, 4) is 0 Å². The van der Waals surface area contributed by atoms with Crippen LogP contribution in [0.3, 0.4) is 0 Å². The molecule has 1 saturated heterocycles. The van der Waals surface area contributed by atoms with Crippen LogP contribution >= 0.6 is 0 Å². The first-order valence-electron chi connectivity index (χ1n) is 14.4. The van der Waals surface area contributed by atoms with Gasteiger partial charge in [-0.3, -0.25) is 14.5 Å². The van der Waals surface area contributed by atoms with Gasteiger partial charge in [0.1, 0.15) is 18.3 Å². The molecule has 7 heteroatoms. The van der Waals surface area contributed by atoms with E-state index in [1.807, 2.05) is 31.2 Å². The number of aryl methyl sites for hydroxylation is 1. The van der Waals surface area contributed by atoms with Crippen molar-refractivity contribution in [1.82, 2.24) is 20.5 Å². The maximum atomic E-state index is 13.3. The minimum Gasteiger partial charge on any atom is -0.497 e. The maximum Gasteiger partial charge on any atom is 0.268 e. The number of aromatic nitrogens is 1. The van der Waals surface area contributed by atoms with Crippen LogP contribution in [0.25, 0.3) is 10.9 Å². The second-order valence-corrected chi connectivity index (χ2v) is 11.3. The van der Waals surface area contributed by atoms with Gasteiger partial charge in [-0.05, 0) is 80.8 Å². The molecule has 1 aliphatic heterocycles. The van der Waals surface area contributed by atoms with E-state index in [0.29, 0.717) is 30.5 Å². The molecule has 2 aliphatic carbocycles. The van der Waals surface area contributed by atoms with Crippen molar-refractivity contribution in [1.29, 1.82) is 0 Å². The second-order valence-electron chi connectivity index (χ2n) is 11.3. The van der Waals surface area contributed by atoms with Crippen molar-refractivity contribution in [3.63, 3.8) is 0 Å². The average molecular weight is 519 g/mol. The Morgan fingerprint density at radius 2 is 1.95 bits per heavy atom. The predicted octanol–water partition coefficient (Wildman–Crippen LogP) is 4.84. The van der Waals surface area contributed by atoms with E-state index in [1.165, 1.54) is 44.3 Å². The molecule has 0 radical (unpaired) electrons. The number of hydrogen-bond donors (Lipinski definition) is 3. The highest BCUT2D eigenvalue weighted by atomic mass is 16.5. The number of fused-ring (bicyclic) bond motifs is 1. The minimum absolute atomic E-state index is 0.113. The van der Waals surface area contributed by atoms with Crippen LogP contribution in [0.15, 0.2) is 47.7 Å². The summed E-state index contributed by atoms with van der Waals surface area (Å²) in [5.74, 6) is 1.67. The summed E-state index contributed by atoms with van der Waals surface area (Å²) in [5, 5.41) is 7.17. The third-order valence-corrected chi connectivity index (χ3v) is 8.36. The van der Waals surface area contributed by atoms with Gasteiger partial charge in [-0.25, -0.2) is 0 Å². The number of carbonyl (C=O) groups is 2. The van der Waals surface area contributed by atoms with Crippen LogP contribution in [0, 0.1) is 18.8 Å². The van der Waals surface area contributed by atoms with Crippen molar-refractivity contribution in [2.45, 2.75) is 64.8 Å². The average Bonchev–Trinajstić information content (AvgIpc) is 3.48. The first-order valence-corrected chi connectivity index (χ1v) is 14.4. The lowest BCUT2D eigenvalue weighted by atomic mass is 9.92. The highest BCUT2D eigenvalue weighted by Gasteiger charge is 2.28. The normalized spacial score (nSPS) is 20.6. The highest BCUT2D eigenvalue weighted by Crippen LogP contribution is 2.34. The van der Waals surface area contributed by atoms with E-state index in [4.69, 9.17) is 4.74 Å². The van der Waals surface area contributed by atoms with E-state index in [9.17, 15) is 9.59 Å². The lowest BCUT2D eigenvalue weighted by molar-refractivity contribution is -0.123. The summed E-state index contributed by atoms with van der Waals surface area (Å²) in [6, 6.07) is 7.34. The van der Waals surface area contributed by atoms with Gasteiger partial charge in [0.05, 0.1) is 5.76 Å². The standard InChI is InChI=1S/C31H42N4O3/c1-21-19-25(38-18-17-35-15-5-6-16-35)13-12-24(21)20-32-30(36)28(14-11-23-9-10-23)34-31(37)29-22(2)26-7-3-4-8-27(26)33-29/h3-4,7-8,12-13,21,23,28,33H,5-6,9-11,14-20H2,1-2H3,(H,32,36)(H,34,37). The van der Waals surface area contributed by atoms with E-state index < -0.39 is 6.04 Å². The van der Waals surface area contributed by atoms with E-state index in [2.05, 4.69) is 39.6 Å². The highest BCUT2D eigenvalue weighted by molar-refractivity contribution is 6.02. The number of aromatic amines is 1. The number of nitrogens with zero attached hydrogens (tertiary/aromatic N) is 1. The van der Waals surface area contributed by atoms with Gasteiger partial charge >= 0.3 is 0 Å². The number of nitrogens with one attached hydrogen (secondary N) is 3. The third-order valence-electron chi connectivity index (χ3n) is 8.36. The Hall–Kier alpha value is -3.06. The van der Waals surface area contributed by atoms with Crippen LogP contribution in [-0.4, -0.2) is 60.5 Å². The van der Waals surface area contributed by atoms with Crippen LogP contribution in [-0.2, 0) is 9.53 Å². The second kappa shape index (κ2) is 12.2. The molecule has 3 aliphatic rings. The number of hydrogen-bond acceptors (Lipinski definition) is 4. The molecule has 0 bridgehead atoms. The number of allylic oxidation sites excluding steroid dienone is 3. The molecule has 1 aromatic carbocycles. The molecule has 2 heterocycles. The number of carbonyl (C=O) groups excluding carboxylic acids is 2. The van der Waals surface area contributed by atoms with Gasteiger partial charge in [-0.1, -0.05) is 44.0 Å². The van der Waals surface area contributed by atoms with Crippen LogP contribution in [0.4, 0.5) is 0 Å². The quantitative estimate of drug-likeness (QED) is 0.375. The Kier molecular flexibility index (Phi) is 8.52. The molecule has 2 fully saturated rings. The van der Waals surface area contributed by atoms with Crippen LogP contribution in [0.1, 0.15) is 67.9 Å². The van der Waals surface area contributed by atoms with E-state index in [-0.39, 0.29) is 11.8 Å². The number of benzene rings is 1. The molecule has 2 unspecified atom stereocenters. The molecular weight excluding hydrogens is 476 g/mol. The fourth-order valence-electron chi connectivity index (χ4n) is 5.65. The van der Waals surface area contributed by atoms with Gasteiger partial charge in [0.2, 0.25) is 5.91 Å². The van der Waals surface area contributed by atoms with Gasteiger partial charge in [-0.2, -0.15) is 0 Å². The van der Waals surface area contributed by atoms with Crippen LogP contribution in [0.5, 0.6) is 0 Å². The first-order chi connectivity index (χ1) is 18.5. The third kappa shape index (κ3) is 6.68. The van der Waals surface area contributed by atoms with Gasteiger partial charge < -0.3 is 20.4 Å². The summed E-state index contributed by atoms with van der Waals surface area (Å²) in [7, 11) is 0. The molecule has 3 N–H and O–H groups in total. The van der Waals surface area contributed by atoms with Crippen molar-refractivity contribution in [2.75, 3.05) is 32.8 Å². The summed E-state index contributed by atoms with van der Waals surface area (Å²) in [5.41, 5.74) is 3.55. The Labute approximate surface area is 226 Å². The Bertz CT molecular complexity index is 1200. The molecule has 5 rings (SSSR count). The van der Waals surface area contributed by atoms with Crippen molar-refractivity contribution in [3.05, 3.63) is 59.0 Å². The molecule has 2 aromatic rings. The number of likely N-dealkylation sites (tertiary alicyclic amines) is 1. The first kappa shape index (κ1) is 26.5. The zero-order valence-electron chi connectivity index (χ0n) is 22.9. The summed E-state index contributed by atoms with van der Waals surface area (Å²) >= 11 is 0. The minimum atomic E-state index is -0.548. The molecule has 2 amide bonds. The summed E-state index contributed by atoms with van der Waals surface area (Å²) in [6.07, 6.45) is 11.7. The predicted molar refractivity (Wildman–Crippen MR) is 151 cm³/mol. The number of H-pyrrole nitrogens is 1. The Balaban J connectivity index is 1.16. The largest absolute Gasteiger partial charge is 0.497 e. The molecule has 1 aromatic heterocycles. The van der Waals surface area contributed by atoms with E-state index in [1.54, 1.807) is 0 Å². The molecule has 204 valence electrons. The smallest absolute Gasteiger partial charge is 0.268 e. The van der Waals surface area contributed by atoms with Crippen LogP contribution in [0.2, 0.25) is 0 Å². The van der Waals surface area contributed by atoms with Crippen molar-refractivity contribution < 1.29 is 14.3 Å². The van der Waals surface area contributed by atoms with Gasteiger partial charge in [-0.15, -0.1) is 0 Å². The molecule has 7 nitrogen and oxygen atoms in total. The number of para-hydroxylation sites is 1. The maximum absolute atomic E-state index is 13.3. The summed E-state index contributed by atoms with van der Waals surface area (Å²) < 4.78 is 6.04. The van der Waals surface area contributed by atoms with Crippen molar-refractivity contribution >= 4 is 22.7 Å². The Morgan fingerprint density at radius 3 is 2.68 bits per heavy atom. The van der Waals surface area contributed by atoms with Crippen LogP contribution < -0.4 is 10.6 Å². The number of rotatable bonds is 12. The zero-order chi connectivity index (χ0) is 26.5. The summed E-state index contributed by atoms with van der Waals surface area (Å²) in [4.78, 5) is 32.2. The topological polar surface area (TPSA) is 86.5 Å². The molecule has 2 atom stereocenters. The number of amides is 2. The Morgan fingerprint density at radius 1 is 1.16 bits per heavy atom. The van der Waals surface area contributed by atoms with Gasteiger partial charge in [0.15, 0.2) is 0 Å². The molecule has 0 spiro atoms. The van der Waals surface area contributed by atoms with E-state index >= 15 is 0 Å². The van der Waals surface area contributed by atoms with Gasteiger partial charge in [0, 0.05) is 30.4 Å². The molecule has 38 heavy (non-hydrogen) atoms. The lowest BCUT2D eigenvalue weighted by Gasteiger charge is -2.24. The van der Waals surface area contributed by atoms with Crippen molar-refractivity contribution in [2.24, 2.45) is 11.8 Å². The van der Waals surface area contributed by atoms with E-state index in [0.717, 1.165) is 48.2 Å². The van der Waals surface area contributed by atoms with Gasteiger partial charge in [0.25, 0.3) is 5.91 Å². The molecule has 1 saturated carbocycles. The molecular formula is C31H42N4O3. The SMILES string of the molecule is Cc1c(C(=O)NC(CCC2CC2)C(=O)NCC2=CC=C(OCCN3CCCC3)CC2C)[nH]c2ccccc12.